The molecule has 0 bridgehead atoms. The van der Waals surface area contributed by atoms with Gasteiger partial charge in [0.15, 0.2) is 0 Å². The van der Waals surface area contributed by atoms with E-state index in [4.69, 9.17) is 4.74 Å². The molecule has 2 amide bonds. The van der Waals surface area contributed by atoms with Gasteiger partial charge in [-0.2, -0.15) is 13.9 Å². The molecule has 0 unspecified atom stereocenters. The molecule has 36 heavy (non-hydrogen) atoms. The number of rotatable bonds is 6. The molecule has 2 aromatic heterocycles. The zero-order valence-electron chi connectivity index (χ0n) is 19.6. The Kier molecular flexibility index (Phi) is 5.87. The van der Waals surface area contributed by atoms with Gasteiger partial charge in [0.2, 0.25) is 11.8 Å². The molecular weight excluding hydrogens is 468 g/mol. The van der Waals surface area contributed by atoms with Crippen molar-refractivity contribution in [1.29, 1.82) is 0 Å². The molecule has 184 valence electrons. The van der Waals surface area contributed by atoms with Crippen molar-refractivity contribution in [3.05, 3.63) is 78.6 Å². The lowest BCUT2D eigenvalue weighted by Gasteiger charge is -2.29. The van der Waals surface area contributed by atoms with Crippen LogP contribution in [0.2, 0.25) is 0 Å². The van der Waals surface area contributed by atoms with Crippen LogP contribution in [-0.2, 0) is 9.59 Å². The number of hydrogen-bond donors (Lipinski definition) is 1. The van der Waals surface area contributed by atoms with E-state index in [1.54, 1.807) is 53.4 Å². The summed E-state index contributed by atoms with van der Waals surface area (Å²) in [5, 5.41) is 7.62. The summed E-state index contributed by atoms with van der Waals surface area (Å²) in [5.41, 5.74) is 2.84. The summed E-state index contributed by atoms with van der Waals surface area (Å²) in [6.45, 7) is 0.540. The summed E-state index contributed by atoms with van der Waals surface area (Å²) in [7, 11) is 1.54. The highest BCUT2D eigenvalue weighted by molar-refractivity contribution is 6.00. The number of nitrogens with one attached hydrogen (secondary N) is 1. The van der Waals surface area contributed by atoms with Crippen LogP contribution in [0.25, 0.3) is 16.6 Å². The van der Waals surface area contributed by atoms with Gasteiger partial charge >= 0.3 is 5.92 Å². The van der Waals surface area contributed by atoms with Crippen molar-refractivity contribution in [1.82, 2.24) is 20.1 Å². The van der Waals surface area contributed by atoms with Gasteiger partial charge in [-0.1, -0.05) is 30.3 Å². The van der Waals surface area contributed by atoms with Crippen molar-refractivity contribution in [2.45, 2.75) is 31.4 Å². The number of anilines is 1. The number of halogens is 2. The molecule has 2 atom stereocenters. The molecule has 3 heterocycles. The Balaban J connectivity index is 1.52. The summed E-state index contributed by atoms with van der Waals surface area (Å²) in [5.74, 6) is -4.76. The average molecular weight is 491 g/mol. The number of pyridine rings is 1. The molecule has 4 aromatic rings. The van der Waals surface area contributed by atoms with E-state index in [-0.39, 0.29) is 12.3 Å². The first-order valence-electron chi connectivity index (χ1n) is 11.3. The molecule has 0 spiro atoms. The van der Waals surface area contributed by atoms with Crippen molar-refractivity contribution >= 4 is 28.4 Å². The van der Waals surface area contributed by atoms with E-state index >= 15 is 0 Å². The molecule has 5 rings (SSSR count). The maximum absolute atomic E-state index is 13.6. The quantitative estimate of drug-likeness (QED) is 0.440. The summed E-state index contributed by atoms with van der Waals surface area (Å²) in [4.78, 5) is 31.0. The number of alkyl halides is 2. The SMILES string of the molecule is COc1ccc(-n2ncc3cc(N4C(=O)C[C@H](NC(=O)C(C)(F)F)[C@H]4c4ccccc4)ccc32)cn1. The zero-order valence-corrected chi connectivity index (χ0v) is 19.6. The summed E-state index contributed by atoms with van der Waals surface area (Å²) < 4.78 is 34.1. The number of amides is 2. The third-order valence-electron chi connectivity index (χ3n) is 6.18. The number of aromatic nitrogens is 3. The highest BCUT2D eigenvalue weighted by Crippen LogP contribution is 2.39. The van der Waals surface area contributed by atoms with E-state index in [9.17, 15) is 18.4 Å². The molecule has 10 heteroatoms. The number of benzene rings is 2. The monoisotopic (exact) mass is 491 g/mol. The minimum absolute atomic E-state index is 0.101. The highest BCUT2D eigenvalue weighted by atomic mass is 19.3. The van der Waals surface area contributed by atoms with Gasteiger partial charge < -0.3 is 15.0 Å². The molecular formula is C26H23F2N5O3. The van der Waals surface area contributed by atoms with Crippen LogP contribution in [-0.4, -0.2) is 45.7 Å². The van der Waals surface area contributed by atoms with Crippen LogP contribution in [0.3, 0.4) is 0 Å². The van der Waals surface area contributed by atoms with Crippen molar-refractivity contribution in [3.8, 4) is 11.6 Å². The number of carbonyl (C=O) groups excluding carboxylic acids is 2. The van der Waals surface area contributed by atoms with E-state index in [1.165, 1.54) is 0 Å². The van der Waals surface area contributed by atoms with E-state index < -0.39 is 23.9 Å². The van der Waals surface area contributed by atoms with Crippen LogP contribution in [0.4, 0.5) is 14.5 Å². The van der Waals surface area contributed by atoms with Crippen LogP contribution < -0.4 is 15.0 Å². The topological polar surface area (TPSA) is 89.4 Å². The Labute approximate surface area is 205 Å². The summed E-state index contributed by atoms with van der Waals surface area (Å²) in [6.07, 6.45) is 3.22. The first kappa shape index (κ1) is 23.4. The Morgan fingerprint density at radius 1 is 1.08 bits per heavy atom. The molecule has 1 N–H and O–H groups in total. The third kappa shape index (κ3) is 4.26. The van der Waals surface area contributed by atoms with Gasteiger partial charge in [0, 0.05) is 30.5 Å². The molecule has 1 saturated heterocycles. The smallest absolute Gasteiger partial charge is 0.321 e. The lowest BCUT2D eigenvalue weighted by molar-refractivity contribution is -0.143. The molecule has 8 nitrogen and oxygen atoms in total. The van der Waals surface area contributed by atoms with E-state index in [0.717, 1.165) is 22.2 Å². The Morgan fingerprint density at radius 2 is 1.83 bits per heavy atom. The maximum Gasteiger partial charge on any atom is 0.321 e. The van der Waals surface area contributed by atoms with Crippen LogP contribution in [0.15, 0.2) is 73.1 Å². The van der Waals surface area contributed by atoms with Gasteiger partial charge in [-0.05, 0) is 29.8 Å². The first-order chi connectivity index (χ1) is 17.3. The normalized spacial score (nSPS) is 18.0. The minimum atomic E-state index is -3.55. The minimum Gasteiger partial charge on any atom is -0.481 e. The predicted molar refractivity (Wildman–Crippen MR) is 129 cm³/mol. The second-order valence-electron chi connectivity index (χ2n) is 8.65. The zero-order chi connectivity index (χ0) is 25.4. The summed E-state index contributed by atoms with van der Waals surface area (Å²) in [6, 6.07) is 16.6. The fraction of sp³-hybridized carbons (Fsp3) is 0.231. The lowest BCUT2D eigenvalue weighted by atomic mass is 9.99. The van der Waals surface area contributed by atoms with Crippen molar-refractivity contribution in [3.63, 3.8) is 0 Å². The third-order valence-corrected chi connectivity index (χ3v) is 6.18. The Hall–Kier alpha value is -4.34. The first-order valence-corrected chi connectivity index (χ1v) is 11.3. The fourth-order valence-electron chi connectivity index (χ4n) is 4.49. The van der Waals surface area contributed by atoms with Crippen molar-refractivity contribution in [2.75, 3.05) is 12.0 Å². The molecule has 0 aliphatic carbocycles. The standard InChI is InChI=1S/C26H23F2N5O3/c1-26(27,28)25(35)31-20-13-23(34)32(24(20)16-6-4-3-5-7-16)18-8-10-21-17(12-18)14-30-33(21)19-9-11-22(36-2)29-15-19/h3-12,14-15,20,24H,13H2,1-2H3,(H,31,35)/t20-,24+/m0/s1. The number of methoxy groups -OCH3 is 1. The predicted octanol–water partition coefficient (Wildman–Crippen LogP) is 4.05. The van der Waals surface area contributed by atoms with Crippen LogP contribution >= 0.6 is 0 Å². The van der Waals surface area contributed by atoms with Gasteiger partial charge in [-0.25, -0.2) is 9.67 Å². The lowest BCUT2D eigenvalue weighted by Crippen LogP contribution is -2.46. The molecule has 0 radical (unpaired) electrons. The fourth-order valence-corrected chi connectivity index (χ4v) is 4.49. The molecule has 0 saturated carbocycles. The van der Waals surface area contributed by atoms with E-state index in [1.807, 2.05) is 36.4 Å². The van der Waals surface area contributed by atoms with Gasteiger partial charge in [0.05, 0.1) is 42.8 Å². The largest absolute Gasteiger partial charge is 0.481 e. The molecule has 1 aliphatic rings. The second-order valence-corrected chi connectivity index (χ2v) is 8.65. The van der Waals surface area contributed by atoms with Gasteiger partial charge in [-0.15, -0.1) is 0 Å². The highest BCUT2D eigenvalue weighted by Gasteiger charge is 2.45. The number of carbonyl (C=O) groups is 2. The molecule has 1 fully saturated rings. The van der Waals surface area contributed by atoms with Crippen LogP contribution in [0, 0.1) is 0 Å². The number of nitrogens with zero attached hydrogens (tertiary/aromatic N) is 4. The number of ether oxygens (including phenoxy) is 1. The average Bonchev–Trinajstić information content (AvgIpc) is 3.44. The Morgan fingerprint density at radius 3 is 2.50 bits per heavy atom. The number of hydrogen-bond acceptors (Lipinski definition) is 5. The van der Waals surface area contributed by atoms with Gasteiger partial charge in [-0.3, -0.25) is 9.59 Å². The Bertz CT molecular complexity index is 1420. The summed E-state index contributed by atoms with van der Waals surface area (Å²) >= 11 is 0. The molecule has 1 aliphatic heterocycles. The van der Waals surface area contributed by atoms with Crippen LogP contribution in [0.5, 0.6) is 5.88 Å². The van der Waals surface area contributed by atoms with Crippen LogP contribution in [0.1, 0.15) is 24.9 Å². The molecule has 2 aromatic carbocycles. The van der Waals surface area contributed by atoms with Crippen molar-refractivity contribution in [2.24, 2.45) is 0 Å². The second kappa shape index (κ2) is 9.03. The van der Waals surface area contributed by atoms with Crippen molar-refractivity contribution < 1.29 is 23.1 Å². The van der Waals surface area contributed by atoms with Gasteiger partial charge in [0.25, 0.3) is 5.91 Å². The van der Waals surface area contributed by atoms with E-state index in [0.29, 0.717) is 18.5 Å². The van der Waals surface area contributed by atoms with E-state index in [2.05, 4.69) is 15.4 Å². The van der Waals surface area contributed by atoms with Gasteiger partial charge in [0.1, 0.15) is 0 Å². The number of fused-ring (bicyclic) bond motifs is 1. The maximum atomic E-state index is 13.6.